The van der Waals surface area contributed by atoms with E-state index in [1.165, 1.54) is 11.1 Å². The summed E-state index contributed by atoms with van der Waals surface area (Å²) in [5, 5.41) is 3.09. The van der Waals surface area contributed by atoms with Gasteiger partial charge in [-0.25, -0.2) is 4.79 Å². The monoisotopic (exact) mass is 357 g/mol. The maximum Gasteiger partial charge on any atom is 0.317 e. The first kappa shape index (κ1) is 18.7. The number of carbonyl (C=O) groups excluding carboxylic acids is 2. The van der Waals surface area contributed by atoms with Gasteiger partial charge in [-0.2, -0.15) is 0 Å². The zero-order valence-corrected chi connectivity index (χ0v) is 16.5. The number of urea groups is 1. The maximum absolute atomic E-state index is 12.9. The van der Waals surface area contributed by atoms with Crippen LogP contribution in [-0.4, -0.2) is 47.4 Å². The highest BCUT2D eigenvalue weighted by Crippen LogP contribution is 2.37. The lowest BCUT2D eigenvalue weighted by Crippen LogP contribution is -2.46. The highest BCUT2D eigenvalue weighted by molar-refractivity contribution is 5.82. The Bertz CT molecular complexity index is 688. The van der Waals surface area contributed by atoms with Gasteiger partial charge < -0.3 is 15.1 Å². The van der Waals surface area contributed by atoms with Crippen molar-refractivity contribution in [1.29, 1.82) is 0 Å². The molecule has 4 unspecified atom stereocenters. The van der Waals surface area contributed by atoms with E-state index in [9.17, 15) is 9.59 Å². The molecule has 3 rings (SSSR count). The van der Waals surface area contributed by atoms with Crippen LogP contribution in [0, 0.1) is 18.8 Å². The van der Waals surface area contributed by atoms with Crippen LogP contribution >= 0.6 is 0 Å². The number of hydrogen-bond acceptors (Lipinski definition) is 2. The van der Waals surface area contributed by atoms with E-state index in [2.05, 4.69) is 45.1 Å². The predicted molar refractivity (Wildman–Crippen MR) is 103 cm³/mol. The number of hydrogen-bond donors (Lipinski definition) is 1. The van der Waals surface area contributed by atoms with Gasteiger partial charge in [0.1, 0.15) is 0 Å². The van der Waals surface area contributed by atoms with Crippen molar-refractivity contribution in [2.75, 3.05) is 13.6 Å². The molecule has 4 atom stereocenters. The van der Waals surface area contributed by atoms with Crippen LogP contribution in [-0.2, 0) is 4.79 Å². The molecule has 1 aromatic carbocycles. The van der Waals surface area contributed by atoms with Gasteiger partial charge in [0, 0.05) is 26.1 Å². The minimum absolute atomic E-state index is 0.00728. The summed E-state index contributed by atoms with van der Waals surface area (Å²) in [7, 11) is 1.85. The van der Waals surface area contributed by atoms with E-state index in [0.29, 0.717) is 30.8 Å². The fraction of sp³-hybridized carbons (Fsp3) is 0.619. The van der Waals surface area contributed by atoms with Crippen molar-refractivity contribution in [2.45, 2.75) is 58.7 Å². The smallest absolute Gasteiger partial charge is 0.317 e. The van der Waals surface area contributed by atoms with Gasteiger partial charge in [-0.1, -0.05) is 45.0 Å². The molecule has 5 nitrogen and oxygen atoms in total. The number of nitrogens with one attached hydrogen (secondary N) is 1. The Morgan fingerprint density at radius 1 is 1.31 bits per heavy atom. The van der Waals surface area contributed by atoms with Crippen LogP contribution in [0.4, 0.5) is 4.79 Å². The summed E-state index contributed by atoms with van der Waals surface area (Å²) in [6.45, 7) is 9.17. The average Bonchev–Trinajstić information content (AvgIpc) is 3.18. The first-order chi connectivity index (χ1) is 12.3. The van der Waals surface area contributed by atoms with E-state index in [-0.39, 0.29) is 24.0 Å². The minimum Gasteiger partial charge on any atom is -0.337 e. The number of carbonyl (C=O) groups is 2. The maximum atomic E-state index is 12.9. The zero-order valence-electron chi connectivity index (χ0n) is 16.5. The summed E-state index contributed by atoms with van der Waals surface area (Å²) < 4.78 is 0. The first-order valence-corrected chi connectivity index (χ1v) is 9.68. The quantitative estimate of drug-likeness (QED) is 0.879. The highest BCUT2D eigenvalue weighted by Gasteiger charge is 2.45. The standard InChI is InChI=1S/C21H31N3O2/c1-13(2)20(17-9-7-6-8-14(17)3)23(5)21(26)22-16-11-19(25)24(12-16)18-10-15(18)4/h6-9,13,15-16,18,20H,10-12H2,1-5H3,(H,22,26). The molecule has 1 N–H and O–H groups in total. The molecule has 142 valence electrons. The van der Waals surface area contributed by atoms with Gasteiger partial charge >= 0.3 is 6.03 Å². The third-order valence-electron chi connectivity index (χ3n) is 5.83. The van der Waals surface area contributed by atoms with E-state index in [1.54, 1.807) is 4.90 Å². The SMILES string of the molecule is Cc1ccccc1C(C(C)C)N(C)C(=O)NC1CC(=O)N(C2CC2C)C1. The summed E-state index contributed by atoms with van der Waals surface area (Å²) in [5.74, 6) is 1.06. The van der Waals surface area contributed by atoms with Gasteiger partial charge in [0.05, 0.1) is 12.1 Å². The summed E-state index contributed by atoms with van der Waals surface area (Å²) in [5.41, 5.74) is 2.37. The Balaban J connectivity index is 1.66. The molecule has 2 aliphatic rings. The number of nitrogens with zero attached hydrogens (tertiary/aromatic N) is 2. The average molecular weight is 357 g/mol. The predicted octanol–water partition coefficient (Wildman–Crippen LogP) is 3.34. The third kappa shape index (κ3) is 3.71. The molecule has 26 heavy (non-hydrogen) atoms. The van der Waals surface area contributed by atoms with E-state index >= 15 is 0 Å². The van der Waals surface area contributed by atoms with Crippen molar-refractivity contribution in [2.24, 2.45) is 11.8 Å². The minimum atomic E-state index is -0.101. The van der Waals surface area contributed by atoms with Crippen molar-refractivity contribution in [3.05, 3.63) is 35.4 Å². The van der Waals surface area contributed by atoms with Crippen LogP contribution in [0.1, 0.15) is 50.8 Å². The van der Waals surface area contributed by atoms with Crippen LogP contribution in [0.3, 0.4) is 0 Å². The lowest BCUT2D eigenvalue weighted by molar-refractivity contribution is -0.128. The van der Waals surface area contributed by atoms with E-state index in [4.69, 9.17) is 0 Å². The normalized spacial score (nSPS) is 26.2. The molecule has 0 aromatic heterocycles. The molecular weight excluding hydrogens is 326 g/mol. The fourth-order valence-electron chi connectivity index (χ4n) is 4.22. The Morgan fingerprint density at radius 2 is 1.96 bits per heavy atom. The van der Waals surface area contributed by atoms with Gasteiger partial charge in [-0.15, -0.1) is 0 Å². The molecule has 0 radical (unpaired) electrons. The molecule has 1 heterocycles. The summed E-state index contributed by atoms with van der Waals surface area (Å²) in [4.78, 5) is 28.9. The Labute approximate surface area is 156 Å². The molecule has 1 aliphatic heterocycles. The van der Waals surface area contributed by atoms with E-state index in [0.717, 1.165) is 6.42 Å². The number of amides is 3. The molecule has 1 saturated heterocycles. The summed E-state index contributed by atoms with van der Waals surface area (Å²) >= 11 is 0. The Kier molecular flexibility index (Phi) is 5.26. The number of aryl methyl sites for hydroxylation is 1. The zero-order chi connectivity index (χ0) is 19.0. The summed E-state index contributed by atoms with van der Waals surface area (Å²) in [6, 6.07) is 8.43. The lowest BCUT2D eigenvalue weighted by Gasteiger charge is -2.33. The topological polar surface area (TPSA) is 52.7 Å². The molecular formula is C21H31N3O2. The van der Waals surface area contributed by atoms with Gasteiger partial charge in [0.2, 0.25) is 5.91 Å². The van der Waals surface area contributed by atoms with Gasteiger partial charge in [0.25, 0.3) is 0 Å². The van der Waals surface area contributed by atoms with Crippen molar-refractivity contribution in [3.8, 4) is 0 Å². The van der Waals surface area contributed by atoms with Crippen LogP contribution in [0.15, 0.2) is 24.3 Å². The van der Waals surface area contributed by atoms with Crippen molar-refractivity contribution >= 4 is 11.9 Å². The van der Waals surface area contributed by atoms with E-state index < -0.39 is 0 Å². The molecule has 1 saturated carbocycles. The van der Waals surface area contributed by atoms with Crippen molar-refractivity contribution in [1.82, 2.24) is 15.1 Å². The third-order valence-corrected chi connectivity index (χ3v) is 5.83. The second kappa shape index (κ2) is 7.29. The van der Waals surface area contributed by atoms with Crippen LogP contribution < -0.4 is 5.32 Å². The number of benzene rings is 1. The molecule has 5 heteroatoms. The van der Waals surface area contributed by atoms with Gasteiger partial charge in [0.15, 0.2) is 0 Å². The molecule has 0 spiro atoms. The number of rotatable bonds is 5. The molecule has 1 aliphatic carbocycles. The van der Waals surface area contributed by atoms with Crippen molar-refractivity contribution < 1.29 is 9.59 Å². The first-order valence-electron chi connectivity index (χ1n) is 9.68. The van der Waals surface area contributed by atoms with Gasteiger partial charge in [-0.3, -0.25) is 4.79 Å². The van der Waals surface area contributed by atoms with Crippen LogP contribution in [0.2, 0.25) is 0 Å². The summed E-state index contributed by atoms with van der Waals surface area (Å²) in [6.07, 6.45) is 1.51. The molecule has 1 aromatic rings. The van der Waals surface area contributed by atoms with Crippen LogP contribution in [0.5, 0.6) is 0 Å². The second-order valence-corrected chi connectivity index (χ2v) is 8.33. The van der Waals surface area contributed by atoms with Crippen LogP contribution in [0.25, 0.3) is 0 Å². The van der Waals surface area contributed by atoms with Gasteiger partial charge in [-0.05, 0) is 36.3 Å². The Hall–Kier alpha value is -2.04. The Morgan fingerprint density at radius 3 is 2.54 bits per heavy atom. The van der Waals surface area contributed by atoms with Crippen molar-refractivity contribution in [3.63, 3.8) is 0 Å². The lowest BCUT2D eigenvalue weighted by atomic mass is 9.92. The number of likely N-dealkylation sites (tertiary alicyclic amines) is 1. The molecule has 3 amide bonds. The van der Waals surface area contributed by atoms with E-state index in [1.807, 2.05) is 24.1 Å². The molecule has 2 fully saturated rings. The molecule has 0 bridgehead atoms. The fourth-order valence-corrected chi connectivity index (χ4v) is 4.22. The second-order valence-electron chi connectivity index (χ2n) is 8.33. The highest BCUT2D eigenvalue weighted by atomic mass is 16.2. The largest absolute Gasteiger partial charge is 0.337 e.